The van der Waals surface area contributed by atoms with Gasteiger partial charge in [0.25, 0.3) is 0 Å². The number of benzene rings is 1. The van der Waals surface area contributed by atoms with Crippen LogP contribution in [0.25, 0.3) is 0 Å². The molecule has 6 nitrogen and oxygen atoms in total. The van der Waals surface area contributed by atoms with Gasteiger partial charge in [0.1, 0.15) is 6.04 Å². The molecular formula is C12H15N3O3. The van der Waals surface area contributed by atoms with E-state index < -0.39 is 12.0 Å². The number of nitrogens with one attached hydrogen (secondary N) is 1. The van der Waals surface area contributed by atoms with E-state index >= 15 is 0 Å². The first-order chi connectivity index (χ1) is 8.49. The third kappa shape index (κ3) is 2.28. The Morgan fingerprint density at radius 2 is 2.33 bits per heavy atom. The second-order valence-corrected chi connectivity index (χ2v) is 4.30. The third-order valence-corrected chi connectivity index (χ3v) is 3.00. The summed E-state index contributed by atoms with van der Waals surface area (Å²) >= 11 is 0. The largest absolute Gasteiger partial charge is 0.480 e. The lowest BCUT2D eigenvalue weighted by Crippen LogP contribution is -2.36. The number of nitrogens with zero attached hydrogens (tertiary/aromatic N) is 1. The van der Waals surface area contributed by atoms with Gasteiger partial charge in [-0.05, 0) is 23.8 Å². The summed E-state index contributed by atoms with van der Waals surface area (Å²) in [6.45, 7) is 0.151. The molecule has 0 saturated heterocycles. The van der Waals surface area contributed by atoms with Crippen molar-refractivity contribution in [3.63, 3.8) is 0 Å². The van der Waals surface area contributed by atoms with E-state index in [1.54, 1.807) is 11.9 Å². The van der Waals surface area contributed by atoms with Gasteiger partial charge in [-0.1, -0.05) is 0 Å². The lowest BCUT2D eigenvalue weighted by Gasteiger charge is -2.12. The number of carbonyl (C=O) groups is 2. The molecule has 0 aromatic heterocycles. The first kappa shape index (κ1) is 12.4. The molecule has 0 spiro atoms. The predicted octanol–water partition coefficient (Wildman–Crippen LogP) is 0.0293. The molecule has 1 aromatic carbocycles. The molecule has 1 aromatic rings. The number of fused-ring (bicyclic) bond motifs is 1. The van der Waals surface area contributed by atoms with Gasteiger partial charge in [0.15, 0.2) is 0 Å². The molecule has 0 bridgehead atoms. The Balaban J connectivity index is 2.07. The van der Waals surface area contributed by atoms with E-state index in [2.05, 4.69) is 5.32 Å². The maximum atomic E-state index is 11.5. The van der Waals surface area contributed by atoms with Crippen LogP contribution >= 0.6 is 0 Å². The minimum Gasteiger partial charge on any atom is -0.480 e. The van der Waals surface area contributed by atoms with Crippen molar-refractivity contribution in [1.29, 1.82) is 0 Å². The molecule has 1 heterocycles. The lowest BCUT2D eigenvalue weighted by molar-refractivity contribution is -0.138. The molecule has 4 N–H and O–H groups in total. The van der Waals surface area contributed by atoms with Crippen molar-refractivity contribution in [2.45, 2.75) is 12.5 Å². The second-order valence-electron chi connectivity index (χ2n) is 4.30. The van der Waals surface area contributed by atoms with E-state index in [0.717, 1.165) is 16.9 Å². The van der Waals surface area contributed by atoms with E-state index in [1.165, 1.54) is 0 Å². The zero-order valence-electron chi connectivity index (χ0n) is 10.0. The molecule has 1 aliphatic heterocycles. The van der Waals surface area contributed by atoms with Gasteiger partial charge in [-0.3, -0.25) is 9.59 Å². The summed E-state index contributed by atoms with van der Waals surface area (Å²) in [5.41, 5.74) is 8.01. The fraction of sp³-hybridized carbons (Fsp3) is 0.333. The maximum absolute atomic E-state index is 11.5. The Hall–Kier alpha value is -2.08. The Kier molecular flexibility index (Phi) is 3.20. The van der Waals surface area contributed by atoms with Gasteiger partial charge >= 0.3 is 5.97 Å². The highest BCUT2D eigenvalue weighted by Crippen LogP contribution is 2.29. The predicted molar refractivity (Wildman–Crippen MR) is 67.7 cm³/mol. The topological polar surface area (TPSA) is 95.7 Å². The smallest absolute Gasteiger partial charge is 0.322 e. The Labute approximate surface area is 104 Å². The number of likely N-dealkylation sites (N-methyl/N-ethyl adjacent to an activating group) is 1. The molecule has 0 fully saturated rings. The van der Waals surface area contributed by atoms with Crippen molar-refractivity contribution in [3.8, 4) is 0 Å². The number of nitrogens with two attached hydrogens (primary N) is 1. The fourth-order valence-electron chi connectivity index (χ4n) is 1.90. The average Bonchev–Trinajstić information content (AvgIpc) is 2.61. The number of amides is 1. The lowest BCUT2D eigenvalue weighted by atomic mass is 10.1. The van der Waals surface area contributed by atoms with Crippen molar-refractivity contribution in [2.75, 3.05) is 23.8 Å². The Morgan fingerprint density at radius 3 is 3.00 bits per heavy atom. The summed E-state index contributed by atoms with van der Waals surface area (Å²) in [4.78, 5) is 23.7. The standard InChI is InChI=1S/C12H15N3O3/c1-15-10-3-2-8(4-7(10)5-11(15)16)14-6-9(13)12(17)18/h2-4,9,14H,5-6,13H2,1H3,(H,17,18). The number of rotatable bonds is 4. The van der Waals surface area contributed by atoms with E-state index in [9.17, 15) is 9.59 Å². The summed E-state index contributed by atoms with van der Waals surface area (Å²) in [5, 5.41) is 11.6. The van der Waals surface area contributed by atoms with Gasteiger partial charge in [0.2, 0.25) is 5.91 Å². The van der Waals surface area contributed by atoms with Crippen LogP contribution in [0, 0.1) is 0 Å². The summed E-state index contributed by atoms with van der Waals surface area (Å²) in [6, 6.07) is 4.56. The van der Waals surface area contributed by atoms with Crippen molar-refractivity contribution < 1.29 is 14.7 Å². The van der Waals surface area contributed by atoms with Crippen molar-refractivity contribution >= 4 is 23.3 Å². The van der Waals surface area contributed by atoms with Crippen molar-refractivity contribution in [2.24, 2.45) is 5.73 Å². The number of aliphatic carboxylic acids is 1. The van der Waals surface area contributed by atoms with E-state index in [4.69, 9.17) is 10.8 Å². The molecule has 1 atom stereocenters. The van der Waals surface area contributed by atoms with Crippen LogP contribution in [0.2, 0.25) is 0 Å². The van der Waals surface area contributed by atoms with Gasteiger partial charge in [0, 0.05) is 25.0 Å². The molecule has 2 rings (SSSR count). The first-order valence-electron chi connectivity index (χ1n) is 5.61. The van der Waals surface area contributed by atoms with Crippen LogP contribution in [0.5, 0.6) is 0 Å². The van der Waals surface area contributed by atoms with Crippen LogP contribution in [0.1, 0.15) is 5.56 Å². The zero-order chi connectivity index (χ0) is 13.3. The quantitative estimate of drug-likeness (QED) is 0.699. The molecule has 0 aliphatic carbocycles. The molecule has 6 heteroatoms. The number of carboxylic acid groups (broad SMARTS) is 1. The van der Waals surface area contributed by atoms with Crippen LogP contribution in [-0.2, 0) is 16.0 Å². The third-order valence-electron chi connectivity index (χ3n) is 3.00. The van der Waals surface area contributed by atoms with Crippen LogP contribution in [0.4, 0.5) is 11.4 Å². The first-order valence-corrected chi connectivity index (χ1v) is 5.61. The van der Waals surface area contributed by atoms with E-state index in [0.29, 0.717) is 6.42 Å². The normalized spacial score (nSPS) is 15.4. The number of hydrogen-bond donors (Lipinski definition) is 3. The van der Waals surface area contributed by atoms with Crippen molar-refractivity contribution in [3.05, 3.63) is 23.8 Å². The minimum atomic E-state index is -1.04. The number of carbonyl (C=O) groups excluding carboxylic acids is 1. The maximum Gasteiger partial charge on any atom is 0.322 e. The van der Waals surface area contributed by atoms with Gasteiger partial charge in [-0.15, -0.1) is 0 Å². The zero-order valence-corrected chi connectivity index (χ0v) is 10.0. The van der Waals surface area contributed by atoms with Gasteiger partial charge in [-0.2, -0.15) is 0 Å². The van der Waals surface area contributed by atoms with Crippen LogP contribution < -0.4 is 16.0 Å². The van der Waals surface area contributed by atoms with Crippen LogP contribution in [-0.4, -0.2) is 36.6 Å². The molecule has 1 amide bonds. The average molecular weight is 249 g/mol. The number of anilines is 2. The molecular weight excluding hydrogens is 234 g/mol. The molecule has 96 valence electrons. The van der Waals surface area contributed by atoms with E-state index in [1.807, 2.05) is 18.2 Å². The van der Waals surface area contributed by atoms with Crippen LogP contribution in [0.15, 0.2) is 18.2 Å². The summed E-state index contributed by atoms with van der Waals surface area (Å²) in [6.07, 6.45) is 0.381. The minimum absolute atomic E-state index is 0.0596. The molecule has 1 unspecified atom stereocenters. The highest BCUT2D eigenvalue weighted by atomic mass is 16.4. The second kappa shape index (κ2) is 4.66. The Bertz CT molecular complexity index is 501. The van der Waals surface area contributed by atoms with Crippen molar-refractivity contribution in [1.82, 2.24) is 0 Å². The summed E-state index contributed by atoms with van der Waals surface area (Å²) < 4.78 is 0. The van der Waals surface area contributed by atoms with Gasteiger partial charge in [0.05, 0.1) is 6.42 Å². The summed E-state index contributed by atoms with van der Waals surface area (Å²) in [5.74, 6) is -0.983. The number of hydrogen-bond acceptors (Lipinski definition) is 4. The molecule has 1 aliphatic rings. The fourth-order valence-corrected chi connectivity index (χ4v) is 1.90. The highest BCUT2D eigenvalue weighted by Gasteiger charge is 2.23. The monoisotopic (exact) mass is 249 g/mol. The highest BCUT2D eigenvalue weighted by molar-refractivity contribution is 6.01. The summed E-state index contributed by atoms with van der Waals surface area (Å²) in [7, 11) is 1.74. The van der Waals surface area contributed by atoms with Crippen LogP contribution in [0.3, 0.4) is 0 Å². The molecule has 0 radical (unpaired) electrons. The van der Waals surface area contributed by atoms with E-state index in [-0.39, 0.29) is 12.5 Å². The Morgan fingerprint density at radius 1 is 1.61 bits per heavy atom. The molecule has 18 heavy (non-hydrogen) atoms. The van der Waals surface area contributed by atoms with Gasteiger partial charge in [-0.25, -0.2) is 0 Å². The van der Waals surface area contributed by atoms with Gasteiger partial charge < -0.3 is 21.1 Å². The molecule has 0 saturated carbocycles. The SMILES string of the molecule is CN1C(=O)Cc2cc(NCC(N)C(=O)O)ccc21. The number of carboxylic acids is 1.